The summed E-state index contributed by atoms with van der Waals surface area (Å²) in [5.74, 6) is -1.08. The highest BCUT2D eigenvalue weighted by atomic mass is 19.4. The van der Waals surface area contributed by atoms with Gasteiger partial charge in [0, 0.05) is 18.2 Å². The van der Waals surface area contributed by atoms with E-state index < -0.39 is 18.6 Å². The van der Waals surface area contributed by atoms with Crippen LogP contribution in [-0.2, 0) is 0 Å². The second-order valence-corrected chi connectivity index (χ2v) is 7.99. The number of amides is 3. The summed E-state index contributed by atoms with van der Waals surface area (Å²) in [6.45, 7) is -0.605. The molecule has 1 aliphatic carbocycles. The lowest BCUT2D eigenvalue weighted by atomic mass is 9.94. The van der Waals surface area contributed by atoms with Crippen LogP contribution in [0.15, 0.2) is 18.2 Å². The van der Waals surface area contributed by atoms with E-state index in [0.29, 0.717) is 12.0 Å². The van der Waals surface area contributed by atoms with Gasteiger partial charge in [-0.3, -0.25) is 24.2 Å². The highest BCUT2D eigenvalue weighted by Gasteiger charge is 2.40. The molecule has 1 N–H and O–H groups in total. The quantitative estimate of drug-likeness (QED) is 0.538. The van der Waals surface area contributed by atoms with E-state index in [4.69, 9.17) is 0 Å². The summed E-state index contributed by atoms with van der Waals surface area (Å²) in [6.07, 6.45) is 0.807. The van der Waals surface area contributed by atoms with Gasteiger partial charge in [-0.15, -0.1) is 0 Å². The van der Waals surface area contributed by atoms with Gasteiger partial charge in [-0.2, -0.15) is 13.2 Å². The van der Waals surface area contributed by atoms with Crippen LogP contribution in [0.5, 0.6) is 0 Å². The lowest BCUT2D eigenvalue weighted by Gasteiger charge is -2.29. The van der Waals surface area contributed by atoms with Crippen LogP contribution in [0.25, 0.3) is 0 Å². The standard InChI is InChI=1S/C21H26F3N3O3/c1-26(13-21(22,23)24)11-5-10-25-18(28)14-8-9-16-17(12-14)20(30)27(19(16)29)15-6-3-2-4-7-15/h8-9,12,15H,2-7,10-11,13H2,1H3,(H,25,28). The Kier molecular flexibility index (Phi) is 6.80. The third-order valence-corrected chi connectivity index (χ3v) is 5.57. The fraction of sp³-hybridized carbons (Fsp3) is 0.571. The largest absolute Gasteiger partial charge is 0.401 e. The SMILES string of the molecule is CN(CCCNC(=O)c1ccc2c(c1)C(=O)N(C1CCCCC1)C2=O)CC(F)(F)F. The molecule has 0 bridgehead atoms. The Hall–Kier alpha value is -2.42. The van der Waals surface area contributed by atoms with Crippen molar-refractivity contribution in [1.29, 1.82) is 0 Å². The Morgan fingerprint density at radius 1 is 1.13 bits per heavy atom. The van der Waals surface area contributed by atoms with Crippen LogP contribution in [0, 0.1) is 0 Å². The molecule has 6 nitrogen and oxygen atoms in total. The molecule has 1 heterocycles. The summed E-state index contributed by atoms with van der Waals surface area (Å²) in [4.78, 5) is 40.3. The number of imide groups is 1. The smallest absolute Gasteiger partial charge is 0.352 e. The normalized spacial score (nSPS) is 17.6. The Morgan fingerprint density at radius 2 is 1.80 bits per heavy atom. The molecule has 1 saturated carbocycles. The molecule has 3 rings (SSSR count). The maximum absolute atomic E-state index is 12.8. The van der Waals surface area contributed by atoms with E-state index in [1.165, 1.54) is 30.1 Å². The van der Waals surface area contributed by atoms with Crippen molar-refractivity contribution in [2.24, 2.45) is 0 Å². The second kappa shape index (κ2) is 9.16. The number of hydrogen-bond acceptors (Lipinski definition) is 4. The number of halogens is 3. The first-order valence-electron chi connectivity index (χ1n) is 10.2. The average Bonchev–Trinajstić information content (AvgIpc) is 2.94. The lowest BCUT2D eigenvalue weighted by molar-refractivity contribution is -0.143. The van der Waals surface area contributed by atoms with Gasteiger partial charge in [0.2, 0.25) is 0 Å². The van der Waals surface area contributed by atoms with Crippen LogP contribution >= 0.6 is 0 Å². The zero-order valence-electron chi connectivity index (χ0n) is 16.9. The number of hydrogen-bond donors (Lipinski definition) is 1. The summed E-state index contributed by atoms with van der Waals surface area (Å²) < 4.78 is 36.9. The highest BCUT2D eigenvalue weighted by Crippen LogP contribution is 2.31. The number of fused-ring (bicyclic) bond motifs is 1. The number of nitrogens with zero attached hydrogens (tertiary/aromatic N) is 2. The van der Waals surface area contributed by atoms with E-state index in [1.807, 2.05) is 0 Å². The van der Waals surface area contributed by atoms with Crippen molar-refractivity contribution in [2.45, 2.75) is 50.7 Å². The van der Waals surface area contributed by atoms with Crippen LogP contribution in [-0.4, -0.2) is 66.4 Å². The van der Waals surface area contributed by atoms with E-state index in [0.717, 1.165) is 37.0 Å². The Labute approximate surface area is 173 Å². The maximum atomic E-state index is 12.8. The summed E-state index contributed by atoms with van der Waals surface area (Å²) in [7, 11) is 1.37. The Morgan fingerprint density at radius 3 is 2.47 bits per heavy atom. The number of carbonyl (C=O) groups excluding carboxylic acids is 3. The van der Waals surface area contributed by atoms with Gasteiger partial charge >= 0.3 is 6.18 Å². The monoisotopic (exact) mass is 425 g/mol. The van der Waals surface area contributed by atoms with Crippen molar-refractivity contribution in [1.82, 2.24) is 15.1 Å². The molecule has 9 heteroatoms. The third kappa shape index (κ3) is 5.19. The molecule has 0 spiro atoms. The summed E-state index contributed by atoms with van der Waals surface area (Å²) in [5.41, 5.74) is 0.808. The third-order valence-electron chi connectivity index (χ3n) is 5.57. The van der Waals surface area contributed by atoms with Crippen LogP contribution < -0.4 is 5.32 Å². The molecule has 1 aromatic rings. The number of rotatable bonds is 7. The molecule has 2 aliphatic rings. The van der Waals surface area contributed by atoms with Gasteiger partial charge in [0.05, 0.1) is 17.7 Å². The van der Waals surface area contributed by atoms with Crippen molar-refractivity contribution >= 4 is 17.7 Å². The number of nitrogens with one attached hydrogen (secondary N) is 1. The molecule has 0 saturated heterocycles. The van der Waals surface area contributed by atoms with E-state index in [-0.39, 0.29) is 42.1 Å². The molecule has 30 heavy (non-hydrogen) atoms. The number of benzene rings is 1. The first-order valence-corrected chi connectivity index (χ1v) is 10.2. The van der Waals surface area contributed by atoms with E-state index >= 15 is 0 Å². The minimum Gasteiger partial charge on any atom is -0.352 e. The second-order valence-electron chi connectivity index (χ2n) is 7.99. The molecule has 0 radical (unpaired) electrons. The molecule has 0 unspecified atom stereocenters. The predicted molar refractivity (Wildman–Crippen MR) is 104 cm³/mol. The van der Waals surface area contributed by atoms with Crippen LogP contribution in [0.2, 0.25) is 0 Å². The zero-order chi connectivity index (χ0) is 21.9. The van der Waals surface area contributed by atoms with Crippen molar-refractivity contribution < 1.29 is 27.6 Å². The van der Waals surface area contributed by atoms with Crippen LogP contribution in [0.3, 0.4) is 0 Å². The van der Waals surface area contributed by atoms with Crippen LogP contribution in [0.4, 0.5) is 13.2 Å². The number of alkyl halides is 3. The summed E-state index contributed by atoms with van der Waals surface area (Å²) in [6, 6.07) is 4.35. The van der Waals surface area contributed by atoms with Crippen molar-refractivity contribution in [3.63, 3.8) is 0 Å². The molecule has 0 atom stereocenters. The van der Waals surface area contributed by atoms with E-state index in [9.17, 15) is 27.6 Å². The van der Waals surface area contributed by atoms with E-state index in [2.05, 4.69) is 5.32 Å². The van der Waals surface area contributed by atoms with Crippen molar-refractivity contribution in [3.05, 3.63) is 34.9 Å². The molecule has 1 aliphatic heterocycles. The first kappa shape index (κ1) is 22.3. The van der Waals surface area contributed by atoms with Gasteiger partial charge in [0.1, 0.15) is 0 Å². The fourth-order valence-electron chi connectivity index (χ4n) is 4.11. The van der Waals surface area contributed by atoms with Gasteiger partial charge in [0.15, 0.2) is 0 Å². The maximum Gasteiger partial charge on any atom is 0.401 e. The van der Waals surface area contributed by atoms with Crippen molar-refractivity contribution in [2.75, 3.05) is 26.7 Å². The van der Waals surface area contributed by atoms with Crippen LogP contribution in [0.1, 0.15) is 69.6 Å². The minimum absolute atomic E-state index is 0.0860. The Bertz CT molecular complexity index is 819. The fourth-order valence-corrected chi connectivity index (χ4v) is 4.11. The lowest BCUT2D eigenvalue weighted by Crippen LogP contribution is -2.40. The molecule has 3 amide bonds. The topological polar surface area (TPSA) is 69.7 Å². The summed E-state index contributed by atoms with van der Waals surface area (Å²) in [5, 5.41) is 2.65. The summed E-state index contributed by atoms with van der Waals surface area (Å²) >= 11 is 0. The number of carbonyl (C=O) groups is 3. The predicted octanol–water partition coefficient (Wildman–Crippen LogP) is 3.23. The Balaban J connectivity index is 1.56. The molecular weight excluding hydrogens is 399 g/mol. The molecule has 1 aromatic carbocycles. The molecule has 0 aromatic heterocycles. The molecule has 164 valence electrons. The minimum atomic E-state index is -4.25. The van der Waals surface area contributed by atoms with Gasteiger partial charge in [-0.05, 0) is 51.1 Å². The first-order chi connectivity index (χ1) is 14.2. The zero-order valence-corrected chi connectivity index (χ0v) is 16.9. The van der Waals surface area contributed by atoms with Gasteiger partial charge in [-0.1, -0.05) is 19.3 Å². The van der Waals surface area contributed by atoms with Gasteiger partial charge < -0.3 is 5.32 Å². The van der Waals surface area contributed by atoms with Gasteiger partial charge in [-0.25, -0.2) is 0 Å². The van der Waals surface area contributed by atoms with E-state index in [1.54, 1.807) is 0 Å². The van der Waals surface area contributed by atoms with Crippen molar-refractivity contribution in [3.8, 4) is 0 Å². The van der Waals surface area contributed by atoms with Gasteiger partial charge in [0.25, 0.3) is 17.7 Å². The average molecular weight is 425 g/mol. The molecular formula is C21H26F3N3O3. The molecule has 1 fully saturated rings. The highest BCUT2D eigenvalue weighted by molar-refractivity contribution is 6.22.